The Balaban J connectivity index is 1.93. The summed E-state index contributed by atoms with van der Waals surface area (Å²) in [5, 5.41) is 10.3. The van der Waals surface area contributed by atoms with Crippen molar-refractivity contribution >= 4 is 0 Å². The van der Waals surface area contributed by atoms with Crippen molar-refractivity contribution in [2.45, 2.75) is 57.3 Å². The van der Waals surface area contributed by atoms with Crippen molar-refractivity contribution in [3.05, 3.63) is 23.8 Å². The minimum absolute atomic E-state index is 0.177. The van der Waals surface area contributed by atoms with Crippen LogP contribution in [0.15, 0.2) is 18.2 Å². The van der Waals surface area contributed by atoms with Crippen molar-refractivity contribution in [3.63, 3.8) is 0 Å². The van der Waals surface area contributed by atoms with Gasteiger partial charge in [0.2, 0.25) is 0 Å². The maximum Gasteiger partial charge on any atom is 0.122 e. The second-order valence-corrected chi connectivity index (χ2v) is 5.81. The molecule has 1 aromatic rings. The molecule has 1 aromatic carbocycles. The normalized spacial score (nSPS) is 23.6. The summed E-state index contributed by atoms with van der Waals surface area (Å²) >= 11 is 0. The summed E-state index contributed by atoms with van der Waals surface area (Å²) in [6, 6.07) is 5.72. The van der Waals surface area contributed by atoms with Gasteiger partial charge in [0.15, 0.2) is 0 Å². The van der Waals surface area contributed by atoms with Crippen LogP contribution >= 0.6 is 0 Å². The molecule has 1 aliphatic rings. The van der Waals surface area contributed by atoms with Crippen LogP contribution in [0, 0.1) is 0 Å². The minimum Gasteiger partial charge on any atom is -0.497 e. The Bertz CT molecular complexity index is 424. The largest absolute Gasteiger partial charge is 0.497 e. The Morgan fingerprint density at radius 3 is 2.43 bits per heavy atom. The van der Waals surface area contributed by atoms with Crippen molar-refractivity contribution in [2.24, 2.45) is 0 Å². The molecular formula is C17H26O4. The number of ether oxygens (including phenoxy) is 3. The Morgan fingerprint density at radius 2 is 1.86 bits per heavy atom. The highest BCUT2D eigenvalue weighted by atomic mass is 16.5. The summed E-state index contributed by atoms with van der Waals surface area (Å²) in [7, 11) is 3.26. The number of methoxy groups -OCH3 is 2. The first-order chi connectivity index (χ1) is 10.1. The van der Waals surface area contributed by atoms with Gasteiger partial charge >= 0.3 is 0 Å². The third-order valence-electron chi connectivity index (χ3n) is 3.98. The van der Waals surface area contributed by atoms with E-state index in [2.05, 4.69) is 6.92 Å². The molecule has 0 aliphatic carbocycles. The lowest BCUT2D eigenvalue weighted by molar-refractivity contribution is -0.0598. The van der Waals surface area contributed by atoms with Crippen LogP contribution in [0.2, 0.25) is 0 Å². The van der Waals surface area contributed by atoms with Crippen LogP contribution in [-0.4, -0.2) is 37.6 Å². The molecule has 118 valence electrons. The summed E-state index contributed by atoms with van der Waals surface area (Å²) in [5.74, 6) is 1.50. The van der Waals surface area contributed by atoms with Gasteiger partial charge in [0, 0.05) is 6.07 Å². The predicted octanol–water partition coefficient (Wildman–Crippen LogP) is 2.95. The Hall–Kier alpha value is -1.26. The molecule has 0 unspecified atom stereocenters. The molecule has 4 nitrogen and oxygen atoms in total. The first kappa shape index (κ1) is 16.1. The molecule has 2 rings (SSSR count). The van der Waals surface area contributed by atoms with Gasteiger partial charge in [0.1, 0.15) is 11.5 Å². The van der Waals surface area contributed by atoms with E-state index in [9.17, 15) is 5.11 Å². The summed E-state index contributed by atoms with van der Waals surface area (Å²) in [4.78, 5) is 0. The SMILES string of the molecule is COc1cc(C[C@H](O)C[C@H]2CCC[C@@H](C)O2)cc(OC)c1. The average Bonchev–Trinajstić information content (AvgIpc) is 2.46. The lowest BCUT2D eigenvalue weighted by atomic mass is 9.97. The van der Waals surface area contributed by atoms with E-state index >= 15 is 0 Å². The summed E-state index contributed by atoms with van der Waals surface area (Å²) in [5.41, 5.74) is 1.02. The van der Waals surface area contributed by atoms with Crippen molar-refractivity contribution < 1.29 is 19.3 Å². The maximum atomic E-state index is 10.3. The first-order valence-electron chi connectivity index (χ1n) is 7.66. The molecular weight excluding hydrogens is 268 g/mol. The van der Waals surface area contributed by atoms with Crippen LogP contribution in [0.4, 0.5) is 0 Å². The fraction of sp³-hybridized carbons (Fsp3) is 0.647. The van der Waals surface area contributed by atoms with E-state index in [0.29, 0.717) is 18.9 Å². The van der Waals surface area contributed by atoms with E-state index in [4.69, 9.17) is 14.2 Å². The fourth-order valence-electron chi connectivity index (χ4n) is 2.91. The second kappa shape index (κ2) is 7.66. The molecule has 0 bridgehead atoms. The van der Waals surface area contributed by atoms with Gasteiger partial charge in [0.05, 0.1) is 32.5 Å². The molecule has 0 spiro atoms. The zero-order valence-electron chi connectivity index (χ0n) is 13.2. The van der Waals surface area contributed by atoms with E-state index in [0.717, 1.165) is 29.9 Å². The zero-order valence-corrected chi connectivity index (χ0v) is 13.2. The standard InChI is InChI=1S/C17H26O4/c1-12-5-4-6-15(21-12)10-14(18)7-13-8-16(19-2)11-17(9-13)20-3/h8-9,11-12,14-15,18H,4-7,10H2,1-3H3/t12-,14+,15-/m1/s1. The topological polar surface area (TPSA) is 47.9 Å². The molecule has 1 fully saturated rings. The number of hydrogen-bond donors (Lipinski definition) is 1. The zero-order chi connectivity index (χ0) is 15.2. The van der Waals surface area contributed by atoms with Crippen LogP contribution in [0.1, 0.15) is 38.2 Å². The maximum absolute atomic E-state index is 10.3. The van der Waals surface area contributed by atoms with E-state index in [-0.39, 0.29) is 6.10 Å². The number of aliphatic hydroxyl groups is 1. The van der Waals surface area contributed by atoms with Crippen LogP contribution in [0.5, 0.6) is 11.5 Å². The number of hydrogen-bond acceptors (Lipinski definition) is 4. The molecule has 1 saturated heterocycles. The lowest BCUT2D eigenvalue weighted by Gasteiger charge is -2.29. The van der Waals surface area contributed by atoms with Gasteiger partial charge in [-0.2, -0.15) is 0 Å². The van der Waals surface area contributed by atoms with Crippen LogP contribution in [0.3, 0.4) is 0 Å². The third kappa shape index (κ3) is 4.90. The third-order valence-corrected chi connectivity index (χ3v) is 3.98. The van der Waals surface area contributed by atoms with Crippen molar-refractivity contribution in [1.82, 2.24) is 0 Å². The Kier molecular flexibility index (Phi) is 5.88. The van der Waals surface area contributed by atoms with E-state index in [1.807, 2.05) is 18.2 Å². The van der Waals surface area contributed by atoms with Gasteiger partial charge < -0.3 is 19.3 Å². The number of rotatable bonds is 6. The molecule has 1 aliphatic heterocycles. The summed E-state index contributed by atoms with van der Waals surface area (Å²) < 4.78 is 16.4. The average molecular weight is 294 g/mol. The molecule has 0 amide bonds. The molecule has 0 radical (unpaired) electrons. The quantitative estimate of drug-likeness (QED) is 0.876. The lowest BCUT2D eigenvalue weighted by Crippen LogP contribution is -2.29. The first-order valence-corrected chi connectivity index (χ1v) is 7.66. The molecule has 1 N–H and O–H groups in total. The van der Waals surface area contributed by atoms with Gasteiger partial charge in [-0.1, -0.05) is 0 Å². The smallest absolute Gasteiger partial charge is 0.122 e. The minimum atomic E-state index is -0.405. The van der Waals surface area contributed by atoms with Gasteiger partial charge in [-0.3, -0.25) is 0 Å². The molecule has 4 heteroatoms. The van der Waals surface area contributed by atoms with Crippen LogP contribution in [-0.2, 0) is 11.2 Å². The summed E-state index contributed by atoms with van der Waals surface area (Å²) in [6.45, 7) is 2.10. The number of aliphatic hydroxyl groups excluding tert-OH is 1. The van der Waals surface area contributed by atoms with Crippen molar-refractivity contribution in [2.75, 3.05) is 14.2 Å². The summed E-state index contributed by atoms with van der Waals surface area (Å²) in [6.07, 6.45) is 4.71. The fourth-order valence-corrected chi connectivity index (χ4v) is 2.91. The second-order valence-electron chi connectivity index (χ2n) is 5.81. The van der Waals surface area contributed by atoms with E-state index in [1.165, 1.54) is 6.42 Å². The van der Waals surface area contributed by atoms with Crippen LogP contribution in [0.25, 0.3) is 0 Å². The molecule has 1 heterocycles. The highest BCUT2D eigenvalue weighted by Crippen LogP contribution is 2.26. The molecule has 0 aromatic heterocycles. The number of benzene rings is 1. The highest BCUT2D eigenvalue weighted by Gasteiger charge is 2.22. The highest BCUT2D eigenvalue weighted by molar-refractivity contribution is 5.38. The monoisotopic (exact) mass is 294 g/mol. The molecule has 21 heavy (non-hydrogen) atoms. The van der Waals surface area contributed by atoms with Crippen LogP contribution < -0.4 is 9.47 Å². The Morgan fingerprint density at radius 1 is 1.19 bits per heavy atom. The van der Waals surface area contributed by atoms with Gasteiger partial charge in [-0.25, -0.2) is 0 Å². The van der Waals surface area contributed by atoms with Gasteiger partial charge in [0.25, 0.3) is 0 Å². The van der Waals surface area contributed by atoms with Crippen molar-refractivity contribution in [1.29, 1.82) is 0 Å². The van der Waals surface area contributed by atoms with Crippen molar-refractivity contribution in [3.8, 4) is 11.5 Å². The van der Waals surface area contributed by atoms with Gasteiger partial charge in [-0.15, -0.1) is 0 Å². The van der Waals surface area contributed by atoms with E-state index in [1.54, 1.807) is 14.2 Å². The molecule has 0 saturated carbocycles. The molecule has 3 atom stereocenters. The van der Waals surface area contributed by atoms with Gasteiger partial charge in [-0.05, 0) is 56.7 Å². The Labute approximate surface area is 127 Å². The van der Waals surface area contributed by atoms with E-state index < -0.39 is 6.10 Å². The predicted molar refractivity (Wildman–Crippen MR) is 82.1 cm³/mol.